The van der Waals surface area contributed by atoms with Gasteiger partial charge in [-0.2, -0.15) is 0 Å². The summed E-state index contributed by atoms with van der Waals surface area (Å²) >= 11 is 0. The highest BCUT2D eigenvalue weighted by atomic mass is 35.5. The van der Waals surface area contributed by atoms with Crippen LogP contribution in [0.1, 0.15) is 18.4 Å². The summed E-state index contributed by atoms with van der Waals surface area (Å²) in [6.45, 7) is 5.27. The number of hydrogen-bond donors (Lipinski definition) is 1. The van der Waals surface area contributed by atoms with Crippen molar-refractivity contribution < 1.29 is 0 Å². The van der Waals surface area contributed by atoms with Crippen molar-refractivity contribution in [2.24, 2.45) is 0 Å². The summed E-state index contributed by atoms with van der Waals surface area (Å²) in [6, 6.07) is 10.3. The van der Waals surface area contributed by atoms with E-state index in [1.54, 1.807) is 0 Å². The Hall–Kier alpha value is -1.59. The van der Waals surface area contributed by atoms with Gasteiger partial charge < -0.3 is 10.2 Å². The molecule has 0 amide bonds. The van der Waals surface area contributed by atoms with E-state index in [2.05, 4.69) is 32.7 Å². The first-order valence-electron chi connectivity index (χ1n) is 7.30. The zero-order valence-electron chi connectivity index (χ0n) is 12.1. The molecule has 0 aliphatic carbocycles. The molecule has 1 N–H and O–H groups in total. The highest BCUT2D eigenvalue weighted by molar-refractivity contribution is 5.85. The minimum atomic E-state index is 0. The SMILES string of the molecule is Cl.c1ccc(Cn2cc(NCCN3CCCC3)nn2)cc1. The second-order valence-electron chi connectivity index (χ2n) is 5.26. The van der Waals surface area contributed by atoms with Gasteiger partial charge in [0.2, 0.25) is 0 Å². The average Bonchev–Trinajstić information content (AvgIpc) is 3.12. The number of hydrogen-bond acceptors (Lipinski definition) is 4. The first-order chi connectivity index (χ1) is 9.90. The molecule has 0 radical (unpaired) electrons. The first kappa shape index (κ1) is 15.8. The number of anilines is 1. The van der Waals surface area contributed by atoms with Crippen molar-refractivity contribution in [2.75, 3.05) is 31.5 Å². The minimum Gasteiger partial charge on any atom is -0.366 e. The highest BCUT2D eigenvalue weighted by Crippen LogP contribution is 2.07. The topological polar surface area (TPSA) is 46.0 Å². The molecule has 1 aromatic heterocycles. The van der Waals surface area contributed by atoms with Gasteiger partial charge in [-0.1, -0.05) is 35.5 Å². The zero-order valence-corrected chi connectivity index (χ0v) is 12.9. The molecule has 0 unspecified atom stereocenters. The normalized spacial score (nSPS) is 14.9. The molecule has 2 aromatic rings. The number of aromatic nitrogens is 3. The second-order valence-corrected chi connectivity index (χ2v) is 5.26. The van der Waals surface area contributed by atoms with Crippen LogP contribution in [-0.4, -0.2) is 46.1 Å². The van der Waals surface area contributed by atoms with E-state index < -0.39 is 0 Å². The molecular weight excluding hydrogens is 286 g/mol. The summed E-state index contributed by atoms with van der Waals surface area (Å²) in [5, 5.41) is 11.7. The Morgan fingerprint density at radius 3 is 2.62 bits per heavy atom. The van der Waals surface area contributed by atoms with Gasteiger partial charge in [0, 0.05) is 13.1 Å². The number of likely N-dealkylation sites (tertiary alicyclic amines) is 1. The van der Waals surface area contributed by atoms with Crippen molar-refractivity contribution in [1.29, 1.82) is 0 Å². The molecule has 0 spiro atoms. The maximum Gasteiger partial charge on any atom is 0.168 e. The number of halogens is 1. The van der Waals surface area contributed by atoms with Gasteiger partial charge in [-0.25, -0.2) is 4.68 Å². The molecular formula is C15H22ClN5. The largest absolute Gasteiger partial charge is 0.366 e. The molecule has 114 valence electrons. The Labute approximate surface area is 131 Å². The molecule has 0 bridgehead atoms. The van der Waals surface area contributed by atoms with Gasteiger partial charge in [0.1, 0.15) is 0 Å². The predicted octanol–water partition coefficient (Wildman–Crippen LogP) is 2.26. The van der Waals surface area contributed by atoms with Crippen LogP contribution in [0.3, 0.4) is 0 Å². The van der Waals surface area contributed by atoms with Crippen molar-refractivity contribution >= 4 is 18.2 Å². The Morgan fingerprint density at radius 1 is 1.10 bits per heavy atom. The lowest BCUT2D eigenvalue weighted by atomic mass is 10.2. The second kappa shape index (κ2) is 8.00. The van der Waals surface area contributed by atoms with Crippen molar-refractivity contribution in [3.05, 3.63) is 42.1 Å². The molecule has 6 heteroatoms. The maximum atomic E-state index is 4.16. The summed E-state index contributed by atoms with van der Waals surface area (Å²) in [5.74, 6) is 0.861. The van der Waals surface area contributed by atoms with Crippen LogP contribution < -0.4 is 5.32 Å². The van der Waals surface area contributed by atoms with E-state index in [0.717, 1.165) is 25.5 Å². The smallest absolute Gasteiger partial charge is 0.168 e. The predicted molar refractivity (Wildman–Crippen MR) is 87.0 cm³/mol. The monoisotopic (exact) mass is 307 g/mol. The summed E-state index contributed by atoms with van der Waals surface area (Å²) in [7, 11) is 0. The molecule has 5 nitrogen and oxygen atoms in total. The number of benzene rings is 1. The lowest BCUT2D eigenvalue weighted by Gasteiger charge is -2.13. The van der Waals surface area contributed by atoms with E-state index in [4.69, 9.17) is 0 Å². The standard InChI is InChI=1S/C15H21N5.ClH/c1-2-6-14(7-3-1)12-20-13-15(17-18-20)16-8-11-19-9-4-5-10-19;/h1-3,6-7,13,16H,4-5,8-12H2;1H. The Morgan fingerprint density at radius 2 is 1.86 bits per heavy atom. The first-order valence-corrected chi connectivity index (χ1v) is 7.30. The average molecular weight is 308 g/mol. The van der Waals surface area contributed by atoms with Crippen molar-refractivity contribution in [1.82, 2.24) is 19.9 Å². The lowest BCUT2D eigenvalue weighted by molar-refractivity contribution is 0.352. The lowest BCUT2D eigenvalue weighted by Crippen LogP contribution is -2.26. The van der Waals surface area contributed by atoms with Crippen molar-refractivity contribution in [2.45, 2.75) is 19.4 Å². The van der Waals surface area contributed by atoms with Gasteiger partial charge in [0.05, 0.1) is 12.7 Å². The molecule has 0 atom stereocenters. The van der Waals surface area contributed by atoms with Crippen LogP contribution in [0.2, 0.25) is 0 Å². The molecule has 1 aliphatic rings. The number of nitrogens with zero attached hydrogens (tertiary/aromatic N) is 4. The number of rotatable bonds is 6. The molecule has 2 heterocycles. The van der Waals surface area contributed by atoms with Crippen LogP contribution in [-0.2, 0) is 6.54 Å². The Kier molecular flexibility index (Phi) is 6.02. The fourth-order valence-electron chi connectivity index (χ4n) is 2.58. The van der Waals surface area contributed by atoms with Gasteiger partial charge in [-0.3, -0.25) is 0 Å². The molecule has 3 rings (SSSR count). The molecule has 21 heavy (non-hydrogen) atoms. The molecule has 0 saturated carbocycles. The van der Waals surface area contributed by atoms with Crippen LogP contribution in [0, 0.1) is 0 Å². The van der Waals surface area contributed by atoms with Gasteiger partial charge in [0.15, 0.2) is 5.82 Å². The molecule has 1 fully saturated rings. The van der Waals surface area contributed by atoms with Crippen LogP contribution >= 0.6 is 12.4 Å². The Balaban J connectivity index is 0.00000161. The van der Waals surface area contributed by atoms with Crippen molar-refractivity contribution in [3.8, 4) is 0 Å². The summed E-state index contributed by atoms with van der Waals surface area (Å²) in [5.41, 5.74) is 1.24. The fraction of sp³-hybridized carbons (Fsp3) is 0.467. The van der Waals surface area contributed by atoms with E-state index in [9.17, 15) is 0 Å². The molecule has 1 saturated heterocycles. The third-order valence-electron chi connectivity index (χ3n) is 3.66. The van der Waals surface area contributed by atoms with Crippen LogP contribution in [0.25, 0.3) is 0 Å². The Bertz CT molecular complexity index is 522. The summed E-state index contributed by atoms with van der Waals surface area (Å²) in [6.07, 6.45) is 4.65. The van der Waals surface area contributed by atoms with Gasteiger partial charge in [-0.05, 0) is 31.5 Å². The zero-order chi connectivity index (χ0) is 13.6. The van der Waals surface area contributed by atoms with Crippen LogP contribution in [0.4, 0.5) is 5.82 Å². The third kappa shape index (κ3) is 4.72. The minimum absolute atomic E-state index is 0. The molecule has 1 aromatic carbocycles. The van der Waals surface area contributed by atoms with Crippen LogP contribution in [0.15, 0.2) is 36.5 Å². The highest BCUT2D eigenvalue weighted by Gasteiger charge is 2.10. The third-order valence-corrected chi connectivity index (χ3v) is 3.66. The van der Waals surface area contributed by atoms with E-state index in [1.165, 1.54) is 31.5 Å². The maximum absolute atomic E-state index is 4.16. The van der Waals surface area contributed by atoms with Gasteiger partial charge in [0.25, 0.3) is 0 Å². The summed E-state index contributed by atoms with van der Waals surface area (Å²) < 4.78 is 1.87. The number of nitrogens with one attached hydrogen (secondary N) is 1. The van der Waals surface area contributed by atoms with Crippen molar-refractivity contribution in [3.63, 3.8) is 0 Å². The molecule has 1 aliphatic heterocycles. The van der Waals surface area contributed by atoms with Crippen LogP contribution in [0.5, 0.6) is 0 Å². The quantitative estimate of drug-likeness (QED) is 0.889. The van der Waals surface area contributed by atoms with E-state index in [0.29, 0.717) is 0 Å². The van der Waals surface area contributed by atoms with Gasteiger partial charge in [-0.15, -0.1) is 17.5 Å². The van der Waals surface area contributed by atoms with E-state index >= 15 is 0 Å². The van der Waals surface area contributed by atoms with Gasteiger partial charge >= 0.3 is 0 Å². The van der Waals surface area contributed by atoms with E-state index in [1.807, 2.05) is 29.1 Å². The fourth-order valence-corrected chi connectivity index (χ4v) is 2.58. The van der Waals surface area contributed by atoms with E-state index in [-0.39, 0.29) is 12.4 Å². The summed E-state index contributed by atoms with van der Waals surface area (Å²) in [4.78, 5) is 2.49.